The minimum atomic E-state index is -0.215. The van der Waals surface area contributed by atoms with Gasteiger partial charge in [-0.2, -0.15) is 0 Å². The molecule has 1 N–H and O–H groups in total. The second-order valence-electron chi connectivity index (χ2n) is 4.59. The number of halogens is 1. The molecular weight excluding hydrogens is 251 g/mol. The molecule has 1 aliphatic rings. The molecule has 3 nitrogen and oxygen atoms in total. The Labute approximate surface area is 109 Å². The Morgan fingerprint density at radius 3 is 3.17 bits per heavy atom. The average Bonchev–Trinajstić information content (AvgIpc) is 2.94. The fraction of sp³-hybridized carbons (Fsp3) is 0.462. The van der Waals surface area contributed by atoms with Crippen molar-refractivity contribution in [3.63, 3.8) is 0 Å². The first-order valence-corrected chi connectivity index (χ1v) is 6.93. The number of thiazole rings is 1. The number of ether oxygens (including phenoxy) is 1. The van der Waals surface area contributed by atoms with E-state index in [4.69, 9.17) is 4.74 Å². The Hall–Kier alpha value is -1.20. The lowest BCUT2D eigenvalue weighted by atomic mass is 10.2. The normalized spacial score (nSPS) is 23.7. The van der Waals surface area contributed by atoms with Crippen molar-refractivity contribution in [3.05, 3.63) is 24.0 Å². The van der Waals surface area contributed by atoms with Crippen LogP contribution >= 0.6 is 11.3 Å². The largest absolute Gasteiger partial charge is 0.379 e. The van der Waals surface area contributed by atoms with E-state index in [0.717, 1.165) is 28.2 Å². The summed E-state index contributed by atoms with van der Waals surface area (Å²) in [6.07, 6.45) is 3.63. The van der Waals surface area contributed by atoms with Crippen LogP contribution in [0.3, 0.4) is 0 Å². The van der Waals surface area contributed by atoms with Crippen LogP contribution in [0.1, 0.15) is 19.3 Å². The van der Waals surface area contributed by atoms with Crippen molar-refractivity contribution >= 4 is 26.7 Å². The number of nitrogens with zero attached hydrogens (tertiary/aromatic N) is 1. The van der Waals surface area contributed by atoms with Gasteiger partial charge in [0.1, 0.15) is 5.82 Å². The number of aromatic nitrogens is 1. The molecule has 3 rings (SSSR count). The van der Waals surface area contributed by atoms with Crippen LogP contribution in [0.25, 0.3) is 10.2 Å². The van der Waals surface area contributed by atoms with E-state index >= 15 is 0 Å². The van der Waals surface area contributed by atoms with E-state index in [0.29, 0.717) is 6.04 Å². The fourth-order valence-electron chi connectivity index (χ4n) is 2.49. The number of hydrogen-bond donors (Lipinski definition) is 1. The Bertz CT molecular complexity index is 557. The highest BCUT2D eigenvalue weighted by atomic mass is 32.1. The maximum Gasteiger partial charge on any atom is 0.184 e. The molecule has 18 heavy (non-hydrogen) atoms. The van der Waals surface area contributed by atoms with E-state index in [9.17, 15) is 4.39 Å². The smallest absolute Gasteiger partial charge is 0.184 e. The summed E-state index contributed by atoms with van der Waals surface area (Å²) in [7, 11) is 1.75. The van der Waals surface area contributed by atoms with E-state index in [1.165, 1.54) is 29.9 Å². The van der Waals surface area contributed by atoms with Gasteiger partial charge < -0.3 is 10.1 Å². The lowest BCUT2D eigenvalue weighted by molar-refractivity contribution is 0.101. The van der Waals surface area contributed by atoms with Crippen molar-refractivity contribution in [3.8, 4) is 0 Å². The van der Waals surface area contributed by atoms with Gasteiger partial charge in [-0.15, -0.1) is 0 Å². The predicted molar refractivity (Wildman–Crippen MR) is 71.6 cm³/mol. The average molecular weight is 266 g/mol. The third-order valence-corrected chi connectivity index (χ3v) is 4.36. The van der Waals surface area contributed by atoms with Gasteiger partial charge in [0, 0.05) is 7.11 Å². The second-order valence-corrected chi connectivity index (χ2v) is 5.62. The third kappa shape index (κ3) is 2.20. The van der Waals surface area contributed by atoms with Crippen LogP contribution < -0.4 is 5.32 Å². The van der Waals surface area contributed by atoms with Crippen LogP contribution in [0.2, 0.25) is 0 Å². The van der Waals surface area contributed by atoms with Crippen LogP contribution in [0.5, 0.6) is 0 Å². The molecule has 0 spiro atoms. The molecule has 2 unspecified atom stereocenters. The topological polar surface area (TPSA) is 34.1 Å². The van der Waals surface area contributed by atoms with Gasteiger partial charge in [0.15, 0.2) is 5.13 Å². The molecule has 1 heterocycles. The summed E-state index contributed by atoms with van der Waals surface area (Å²) >= 11 is 1.49. The van der Waals surface area contributed by atoms with Crippen molar-refractivity contribution in [1.29, 1.82) is 0 Å². The monoisotopic (exact) mass is 266 g/mol. The summed E-state index contributed by atoms with van der Waals surface area (Å²) in [6.45, 7) is 0. The van der Waals surface area contributed by atoms with Crippen LogP contribution in [-0.4, -0.2) is 24.2 Å². The summed E-state index contributed by atoms with van der Waals surface area (Å²) in [6, 6.07) is 5.01. The van der Waals surface area contributed by atoms with Gasteiger partial charge in [0.25, 0.3) is 0 Å². The molecule has 1 aromatic heterocycles. The van der Waals surface area contributed by atoms with Crippen molar-refractivity contribution in [1.82, 2.24) is 4.98 Å². The second kappa shape index (κ2) is 4.82. The lowest BCUT2D eigenvalue weighted by Gasteiger charge is -2.18. The van der Waals surface area contributed by atoms with Gasteiger partial charge in [0.05, 0.1) is 22.4 Å². The molecule has 96 valence electrons. The first-order chi connectivity index (χ1) is 8.76. The zero-order chi connectivity index (χ0) is 12.5. The van der Waals surface area contributed by atoms with Gasteiger partial charge in [0.2, 0.25) is 0 Å². The van der Waals surface area contributed by atoms with Crippen molar-refractivity contribution in [2.24, 2.45) is 0 Å². The van der Waals surface area contributed by atoms with E-state index in [1.807, 2.05) is 0 Å². The van der Waals surface area contributed by atoms with Gasteiger partial charge in [-0.05, 0) is 37.5 Å². The van der Waals surface area contributed by atoms with Gasteiger partial charge in [-0.25, -0.2) is 9.37 Å². The molecule has 1 saturated carbocycles. The highest BCUT2D eigenvalue weighted by Crippen LogP contribution is 2.30. The zero-order valence-corrected chi connectivity index (χ0v) is 11.0. The van der Waals surface area contributed by atoms with Crippen LogP contribution in [0.15, 0.2) is 18.2 Å². The first-order valence-electron chi connectivity index (χ1n) is 6.11. The Kier molecular flexibility index (Phi) is 3.18. The number of anilines is 1. The van der Waals surface area contributed by atoms with Crippen LogP contribution in [-0.2, 0) is 4.74 Å². The maximum absolute atomic E-state index is 13.1. The van der Waals surface area contributed by atoms with E-state index in [2.05, 4.69) is 10.3 Å². The summed E-state index contributed by atoms with van der Waals surface area (Å²) in [5, 5.41) is 4.26. The molecule has 0 aliphatic heterocycles. The molecular formula is C13H15FN2OS. The van der Waals surface area contributed by atoms with Crippen molar-refractivity contribution in [2.45, 2.75) is 31.4 Å². The first kappa shape index (κ1) is 11.9. The molecule has 1 aromatic carbocycles. The Morgan fingerprint density at radius 2 is 2.33 bits per heavy atom. The standard InChI is InChI=1S/C13H15FN2OS/c1-17-11-4-2-3-9(11)15-13-16-10-6-5-8(14)7-12(10)18-13/h5-7,9,11H,2-4H2,1H3,(H,15,16). The number of benzene rings is 1. The molecule has 0 radical (unpaired) electrons. The van der Waals surface area contributed by atoms with Crippen LogP contribution in [0, 0.1) is 5.82 Å². The number of methoxy groups -OCH3 is 1. The molecule has 5 heteroatoms. The number of rotatable bonds is 3. The number of hydrogen-bond acceptors (Lipinski definition) is 4. The number of fused-ring (bicyclic) bond motifs is 1. The minimum absolute atomic E-state index is 0.215. The molecule has 1 aliphatic carbocycles. The fourth-order valence-corrected chi connectivity index (χ4v) is 3.44. The van der Waals surface area contributed by atoms with Crippen LogP contribution in [0.4, 0.5) is 9.52 Å². The lowest BCUT2D eigenvalue weighted by Crippen LogP contribution is -2.29. The van der Waals surface area contributed by atoms with E-state index < -0.39 is 0 Å². The minimum Gasteiger partial charge on any atom is -0.379 e. The quantitative estimate of drug-likeness (QED) is 0.924. The van der Waals surface area contributed by atoms with Crippen molar-refractivity contribution < 1.29 is 9.13 Å². The van der Waals surface area contributed by atoms with Crippen molar-refractivity contribution in [2.75, 3.05) is 12.4 Å². The zero-order valence-electron chi connectivity index (χ0n) is 10.1. The summed E-state index contributed by atoms with van der Waals surface area (Å²) in [5.41, 5.74) is 0.843. The Morgan fingerprint density at radius 1 is 1.44 bits per heavy atom. The molecule has 0 amide bonds. The SMILES string of the molecule is COC1CCCC1Nc1nc2ccc(F)cc2s1. The molecule has 0 bridgehead atoms. The maximum atomic E-state index is 13.1. The van der Waals surface area contributed by atoms with Gasteiger partial charge in [-0.1, -0.05) is 11.3 Å². The number of nitrogens with one attached hydrogen (secondary N) is 1. The highest BCUT2D eigenvalue weighted by Gasteiger charge is 2.27. The Balaban J connectivity index is 1.82. The summed E-state index contributed by atoms with van der Waals surface area (Å²) in [4.78, 5) is 4.47. The van der Waals surface area contributed by atoms with E-state index in [1.54, 1.807) is 13.2 Å². The molecule has 0 saturated heterocycles. The summed E-state index contributed by atoms with van der Waals surface area (Å²) in [5.74, 6) is -0.215. The van der Waals surface area contributed by atoms with Gasteiger partial charge in [-0.3, -0.25) is 0 Å². The van der Waals surface area contributed by atoms with Gasteiger partial charge >= 0.3 is 0 Å². The van der Waals surface area contributed by atoms with E-state index in [-0.39, 0.29) is 11.9 Å². The molecule has 1 fully saturated rings. The summed E-state index contributed by atoms with van der Waals surface area (Å²) < 4.78 is 19.4. The molecule has 2 aromatic rings. The third-order valence-electron chi connectivity index (χ3n) is 3.41. The molecule has 2 atom stereocenters. The predicted octanol–water partition coefficient (Wildman–Crippen LogP) is 3.41. The highest BCUT2D eigenvalue weighted by molar-refractivity contribution is 7.22.